The highest BCUT2D eigenvalue weighted by atomic mass is 35.5. The molecule has 2 heterocycles. The fourth-order valence-electron chi connectivity index (χ4n) is 4.52. The van der Waals surface area contributed by atoms with Gasteiger partial charge < -0.3 is 19.9 Å². The molecule has 2 atom stereocenters. The highest BCUT2D eigenvalue weighted by Crippen LogP contribution is 2.38. The topological polar surface area (TPSA) is 87.9 Å². The Hall–Kier alpha value is -2.84. The Labute approximate surface area is 185 Å². The molecule has 0 radical (unpaired) electrons. The largest absolute Gasteiger partial charge is 0.383 e. The number of non-ortho nitro benzene ring substituents is 1. The number of nitro groups is 1. The van der Waals surface area contributed by atoms with E-state index in [9.17, 15) is 14.9 Å². The van der Waals surface area contributed by atoms with E-state index in [4.69, 9.17) is 16.3 Å². The number of nitrogens with zero attached hydrogens (tertiary/aromatic N) is 3. The standard InChI is InChI=1S/C22H25ClN4O4/c1-31-11-8-24-22(28)19-13-15-12-18(27(29)30)6-7-20(15)26-10-9-25(14-21(19)26)17-4-2-16(23)3-5-17/h2-7,12,19,21H,8-11,13-14H2,1H3,(H,24,28)/t19-,21-/m1/s1. The zero-order valence-electron chi connectivity index (χ0n) is 17.3. The summed E-state index contributed by atoms with van der Waals surface area (Å²) in [4.78, 5) is 28.5. The van der Waals surface area contributed by atoms with Crippen molar-refractivity contribution in [3.63, 3.8) is 0 Å². The fourth-order valence-corrected chi connectivity index (χ4v) is 4.64. The Kier molecular flexibility index (Phi) is 6.29. The number of fused-ring (bicyclic) bond motifs is 3. The first-order chi connectivity index (χ1) is 15.0. The first-order valence-corrected chi connectivity index (χ1v) is 10.7. The van der Waals surface area contributed by atoms with Gasteiger partial charge in [0.2, 0.25) is 5.91 Å². The van der Waals surface area contributed by atoms with Gasteiger partial charge in [-0.3, -0.25) is 14.9 Å². The molecule has 2 aliphatic heterocycles. The van der Waals surface area contributed by atoms with Crippen LogP contribution in [0.2, 0.25) is 5.02 Å². The molecular weight excluding hydrogens is 420 g/mol. The first-order valence-electron chi connectivity index (χ1n) is 10.3. The number of methoxy groups -OCH3 is 1. The van der Waals surface area contributed by atoms with Gasteiger partial charge in [-0.05, 0) is 42.3 Å². The summed E-state index contributed by atoms with van der Waals surface area (Å²) in [5, 5.41) is 14.9. The molecule has 8 nitrogen and oxygen atoms in total. The van der Waals surface area contributed by atoms with Crippen LogP contribution in [-0.4, -0.2) is 56.8 Å². The second kappa shape index (κ2) is 9.11. The van der Waals surface area contributed by atoms with E-state index in [0.29, 0.717) is 31.1 Å². The van der Waals surface area contributed by atoms with Crippen molar-refractivity contribution in [3.05, 3.63) is 63.2 Å². The maximum Gasteiger partial charge on any atom is 0.269 e. The molecule has 1 amide bonds. The number of benzene rings is 2. The van der Waals surface area contributed by atoms with Gasteiger partial charge in [0.15, 0.2) is 0 Å². The lowest BCUT2D eigenvalue weighted by Crippen LogP contribution is -2.61. The van der Waals surface area contributed by atoms with Crippen LogP contribution in [0, 0.1) is 16.0 Å². The monoisotopic (exact) mass is 444 g/mol. The number of hydrogen-bond acceptors (Lipinski definition) is 6. The second-order valence-electron chi connectivity index (χ2n) is 7.85. The van der Waals surface area contributed by atoms with Gasteiger partial charge in [-0.2, -0.15) is 0 Å². The van der Waals surface area contributed by atoms with Crippen LogP contribution in [0.15, 0.2) is 42.5 Å². The second-order valence-corrected chi connectivity index (χ2v) is 8.28. The Balaban J connectivity index is 1.63. The quantitative estimate of drug-likeness (QED) is 0.418. The Morgan fingerprint density at radius 2 is 2.03 bits per heavy atom. The van der Waals surface area contributed by atoms with Crippen molar-refractivity contribution in [1.29, 1.82) is 0 Å². The molecule has 9 heteroatoms. The van der Waals surface area contributed by atoms with Gasteiger partial charge >= 0.3 is 0 Å². The molecule has 1 fully saturated rings. The van der Waals surface area contributed by atoms with Crippen LogP contribution in [-0.2, 0) is 16.0 Å². The highest BCUT2D eigenvalue weighted by molar-refractivity contribution is 6.30. The van der Waals surface area contributed by atoms with E-state index in [1.807, 2.05) is 30.3 Å². The predicted molar refractivity (Wildman–Crippen MR) is 120 cm³/mol. The fraction of sp³-hybridized carbons (Fsp3) is 0.409. The number of carbonyl (C=O) groups excluding carboxylic acids is 1. The summed E-state index contributed by atoms with van der Waals surface area (Å²) in [5.74, 6) is -0.372. The van der Waals surface area contributed by atoms with E-state index in [2.05, 4.69) is 15.1 Å². The zero-order chi connectivity index (χ0) is 22.0. The van der Waals surface area contributed by atoms with Crippen LogP contribution >= 0.6 is 11.6 Å². The normalized spacial score (nSPS) is 20.1. The lowest BCUT2D eigenvalue weighted by molar-refractivity contribution is -0.384. The van der Waals surface area contributed by atoms with Crippen LogP contribution in [0.3, 0.4) is 0 Å². The third-order valence-corrected chi connectivity index (χ3v) is 6.29. The van der Waals surface area contributed by atoms with Crippen molar-refractivity contribution in [2.45, 2.75) is 12.5 Å². The van der Waals surface area contributed by atoms with Crippen LogP contribution < -0.4 is 15.1 Å². The smallest absolute Gasteiger partial charge is 0.269 e. The maximum absolute atomic E-state index is 13.1. The Morgan fingerprint density at radius 1 is 1.26 bits per heavy atom. The summed E-state index contributed by atoms with van der Waals surface area (Å²) in [6.45, 7) is 3.06. The average Bonchev–Trinajstić information content (AvgIpc) is 2.78. The van der Waals surface area contributed by atoms with Gasteiger partial charge in [0.25, 0.3) is 5.69 Å². The van der Waals surface area contributed by atoms with Crippen molar-refractivity contribution in [2.75, 3.05) is 49.7 Å². The van der Waals surface area contributed by atoms with Crippen LogP contribution in [0.25, 0.3) is 0 Å². The molecule has 2 aromatic carbocycles. The number of hydrogen-bond donors (Lipinski definition) is 1. The molecule has 0 aliphatic carbocycles. The van der Waals surface area contributed by atoms with Crippen molar-refractivity contribution in [2.24, 2.45) is 5.92 Å². The van der Waals surface area contributed by atoms with E-state index >= 15 is 0 Å². The predicted octanol–water partition coefficient (Wildman–Crippen LogP) is 2.88. The minimum atomic E-state index is -0.390. The molecule has 164 valence electrons. The molecule has 4 rings (SSSR count). The summed E-state index contributed by atoms with van der Waals surface area (Å²) in [6.07, 6.45) is 0.464. The molecule has 0 bridgehead atoms. The molecule has 2 aromatic rings. The van der Waals surface area contributed by atoms with E-state index in [-0.39, 0.29) is 23.6 Å². The van der Waals surface area contributed by atoms with E-state index in [0.717, 1.165) is 30.0 Å². The highest BCUT2D eigenvalue weighted by Gasteiger charge is 2.42. The molecule has 1 N–H and O–H groups in total. The number of ether oxygens (including phenoxy) is 1. The summed E-state index contributed by atoms with van der Waals surface area (Å²) in [7, 11) is 1.59. The minimum absolute atomic E-state index is 0.0408. The molecule has 0 spiro atoms. The van der Waals surface area contributed by atoms with E-state index in [1.165, 1.54) is 0 Å². The van der Waals surface area contributed by atoms with Crippen LogP contribution in [0.1, 0.15) is 5.56 Å². The van der Waals surface area contributed by atoms with Gasteiger partial charge in [-0.1, -0.05) is 11.6 Å². The maximum atomic E-state index is 13.1. The van der Waals surface area contributed by atoms with Crippen molar-refractivity contribution < 1.29 is 14.5 Å². The van der Waals surface area contributed by atoms with Crippen molar-refractivity contribution in [3.8, 4) is 0 Å². The summed E-state index contributed by atoms with van der Waals surface area (Å²) >= 11 is 6.04. The number of amides is 1. The summed E-state index contributed by atoms with van der Waals surface area (Å²) in [5.41, 5.74) is 2.94. The number of nitrogens with one attached hydrogen (secondary N) is 1. The SMILES string of the molecule is COCCNC(=O)[C@@H]1Cc2cc([N+](=O)[O-])ccc2N2CCN(c3ccc(Cl)cc3)C[C@H]12. The van der Waals surface area contributed by atoms with E-state index in [1.54, 1.807) is 19.2 Å². The number of anilines is 2. The van der Waals surface area contributed by atoms with Gasteiger partial charge in [0.05, 0.1) is 23.5 Å². The van der Waals surface area contributed by atoms with Crippen LogP contribution in [0.5, 0.6) is 0 Å². The number of rotatable bonds is 6. The molecular formula is C22H25ClN4O4. The Bertz CT molecular complexity index is 968. The van der Waals surface area contributed by atoms with Gasteiger partial charge in [0.1, 0.15) is 0 Å². The van der Waals surface area contributed by atoms with Gasteiger partial charge in [-0.25, -0.2) is 0 Å². The average molecular weight is 445 g/mol. The lowest BCUT2D eigenvalue weighted by Gasteiger charge is -2.49. The van der Waals surface area contributed by atoms with Gasteiger partial charge in [-0.15, -0.1) is 0 Å². The van der Waals surface area contributed by atoms with Crippen LogP contribution in [0.4, 0.5) is 17.1 Å². The van der Waals surface area contributed by atoms with E-state index < -0.39 is 4.92 Å². The van der Waals surface area contributed by atoms with Crippen molar-refractivity contribution >= 4 is 34.6 Å². The summed E-state index contributed by atoms with van der Waals surface area (Å²) in [6, 6.07) is 12.6. The number of piperazine rings is 1. The molecule has 0 unspecified atom stereocenters. The van der Waals surface area contributed by atoms with Gasteiger partial charge in [0, 0.05) is 61.8 Å². The minimum Gasteiger partial charge on any atom is -0.383 e. The molecule has 2 aliphatic rings. The number of carbonyl (C=O) groups is 1. The zero-order valence-corrected chi connectivity index (χ0v) is 18.0. The number of halogens is 1. The van der Waals surface area contributed by atoms with Crippen molar-refractivity contribution in [1.82, 2.24) is 5.32 Å². The molecule has 0 saturated carbocycles. The lowest BCUT2D eigenvalue weighted by atomic mass is 9.83. The molecule has 0 aromatic heterocycles. The first kappa shape index (κ1) is 21.4. The molecule has 31 heavy (non-hydrogen) atoms. The summed E-state index contributed by atoms with van der Waals surface area (Å²) < 4.78 is 5.05. The number of nitro benzene ring substituents is 1. The third kappa shape index (κ3) is 4.45. The molecule has 1 saturated heterocycles. The Morgan fingerprint density at radius 3 is 2.74 bits per heavy atom. The third-order valence-electron chi connectivity index (χ3n) is 6.04.